The summed E-state index contributed by atoms with van der Waals surface area (Å²) in [6.07, 6.45) is 3.13. The molecular weight excluding hydrogens is 360 g/mol. The van der Waals surface area contributed by atoms with E-state index in [9.17, 15) is 4.79 Å². The summed E-state index contributed by atoms with van der Waals surface area (Å²) in [7, 11) is 0. The third-order valence-corrected chi connectivity index (χ3v) is 6.08. The molecule has 2 aromatic carbocycles. The van der Waals surface area contributed by atoms with Gasteiger partial charge in [0.1, 0.15) is 0 Å². The third-order valence-electron chi connectivity index (χ3n) is 6.08. The summed E-state index contributed by atoms with van der Waals surface area (Å²) in [5.41, 5.74) is 6.93. The van der Waals surface area contributed by atoms with Crippen LogP contribution in [0.15, 0.2) is 54.6 Å². The van der Waals surface area contributed by atoms with Gasteiger partial charge in [-0.15, -0.1) is 0 Å². The molecule has 1 atom stereocenters. The molecule has 148 valence electrons. The van der Waals surface area contributed by atoms with Gasteiger partial charge >= 0.3 is 0 Å². The predicted molar refractivity (Wildman–Crippen MR) is 114 cm³/mol. The van der Waals surface area contributed by atoms with Gasteiger partial charge in [-0.2, -0.15) is 5.10 Å². The second-order valence-electron chi connectivity index (χ2n) is 8.15. The molecule has 0 saturated heterocycles. The number of amides is 1. The minimum atomic E-state index is -0.119. The molecular formula is C24H26N4O. The number of hydrogen-bond acceptors (Lipinski definition) is 3. The summed E-state index contributed by atoms with van der Waals surface area (Å²) < 4.78 is 0. The van der Waals surface area contributed by atoms with E-state index in [-0.39, 0.29) is 11.9 Å². The topological polar surface area (TPSA) is 61.0 Å². The van der Waals surface area contributed by atoms with Crippen molar-refractivity contribution in [2.24, 2.45) is 0 Å². The van der Waals surface area contributed by atoms with Crippen LogP contribution in [0.2, 0.25) is 0 Å². The van der Waals surface area contributed by atoms with E-state index in [2.05, 4.69) is 68.9 Å². The lowest BCUT2D eigenvalue weighted by Gasteiger charge is -2.31. The fourth-order valence-corrected chi connectivity index (χ4v) is 4.05. The molecule has 3 aromatic rings. The Morgan fingerprint density at radius 3 is 2.48 bits per heavy atom. The van der Waals surface area contributed by atoms with Crippen LogP contribution in [0.3, 0.4) is 0 Å². The largest absolute Gasteiger partial charge is 0.352 e. The summed E-state index contributed by atoms with van der Waals surface area (Å²) in [6, 6.07) is 19.3. The Labute approximate surface area is 171 Å². The normalized spacial score (nSPS) is 17.6. The SMILES string of the molecule is CC(C(=O)NC1CC1)N1CCc2[nH]nc(-c3ccc(-c4ccccc4)cc3)c2C1. The molecule has 1 unspecified atom stereocenters. The monoisotopic (exact) mass is 386 g/mol. The molecule has 1 amide bonds. The fraction of sp³-hybridized carbons (Fsp3) is 0.333. The molecule has 2 aliphatic rings. The Morgan fingerprint density at radius 1 is 1.07 bits per heavy atom. The number of carbonyl (C=O) groups excluding carboxylic acids is 1. The summed E-state index contributed by atoms with van der Waals surface area (Å²) >= 11 is 0. The van der Waals surface area contributed by atoms with Crippen molar-refractivity contribution in [1.82, 2.24) is 20.4 Å². The number of hydrogen-bond donors (Lipinski definition) is 2. The molecule has 1 aliphatic heterocycles. The van der Waals surface area contributed by atoms with Gasteiger partial charge in [0.15, 0.2) is 0 Å². The maximum absolute atomic E-state index is 12.5. The van der Waals surface area contributed by atoms with Gasteiger partial charge in [-0.3, -0.25) is 14.8 Å². The molecule has 5 nitrogen and oxygen atoms in total. The number of nitrogens with one attached hydrogen (secondary N) is 2. The van der Waals surface area contributed by atoms with Crippen molar-refractivity contribution in [3.05, 3.63) is 65.9 Å². The Bertz CT molecular complexity index is 1010. The summed E-state index contributed by atoms with van der Waals surface area (Å²) in [4.78, 5) is 14.8. The van der Waals surface area contributed by atoms with Crippen molar-refractivity contribution in [2.75, 3.05) is 6.54 Å². The molecule has 0 spiro atoms. The van der Waals surface area contributed by atoms with Gasteiger partial charge in [-0.25, -0.2) is 0 Å². The fourth-order valence-electron chi connectivity index (χ4n) is 4.05. The highest BCUT2D eigenvalue weighted by atomic mass is 16.2. The predicted octanol–water partition coefficient (Wildman–Crippen LogP) is 3.77. The Morgan fingerprint density at radius 2 is 1.76 bits per heavy atom. The zero-order valence-electron chi connectivity index (χ0n) is 16.7. The van der Waals surface area contributed by atoms with Crippen LogP contribution in [0, 0.1) is 0 Å². The third kappa shape index (κ3) is 3.70. The van der Waals surface area contributed by atoms with Crippen LogP contribution < -0.4 is 5.32 Å². The maximum atomic E-state index is 12.5. The maximum Gasteiger partial charge on any atom is 0.237 e. The number of H-pyrrole nitrogens is 1. The van der Waals surface area contributed by atoms with Gasteiger partial charge < -0.3 is 5.32 Å². The summed E-state index contributed by atoms with van der Waals surface area (Å²) in [5, 5.41) is 11.0. The molecule has 29 heavy (non-hydrogen) atoms. The van der Waals surface area contributed by atoms with E-state index in [1.165, 1.54) is 22.4 Å². The molecule has 1 aromatic heterocycles. The number of fused-ring (bicyclic) bond motifs is 1. The summed E-state index contributed by atoms with van der Waals surface area (Å²) in [5.74, 6) is 0.146. The second-order valence-corrected chi connectivity index (χ2v) is 8.15. The summed E-state index contributed by atoms with van der Waals surface area (Å²) in [6.45, 7) is 3.64. The van der Waals surface area contributed by atoms with Crippen molar-refractivity contribution < 1.29 is 4.79 Å². The highest BCUT2D eigenvalue weighted by Gasteiger charge is 2.31. The van der Waals surface area contributed by atoms with Crippen LogP contribution in [0.5, 0.6) is 0 Å². The molecule has 0 radical (unpaired) electrons. The van der Waals surface area contributed by atoms with Gasteiger partial charge in [0, 0.05) is 42.4 Å². The van der Waals surface area contributed by atoms with E-state index in [0.29, 0.717) is 6.04 Å². The van der Waals surface area contributed by atoms with Crippen molar-refractivity contribution in [3.8, 4) is 22.4 Å². The highest BCUT2D eigenvalue weighted by Crippen LogP contribution is 2.31. The average molecular weight is 386 g/mol. The second kappa shape index (κ2) is 7.48. The van der Waals surface area contributed by atoms with Gasteiger partial charge in [0.2, 0.25) is 5.91 Å². The zero-order chi connectivity index (χ0) is 19.8. The van der Waals surface area contributed by atoms with E-state index in [1.54, 1.807) is 0 Å². The number of carbonyl (C=O) groups is 1. The molecule has 2 heterocycles. The molecule has 0 bridgehead atoms. The van der Waals surface area contributed by atoms with Crippen molar-refractivity contribution in [1.29, 1.82) is 0 Å². The lowest BCUT2D eigenvalue weighted by molar-refractivity contribution is -0.126. The van der Waals surface area contributed by atoms with Crippen LogP contribution in [-0.2, 0) is 17.8 Å². The van der Waals surface area contributed by atoms with Crippen LogP contribution in [0.25, 0.3) is 22.4 Å². The van der Waals surface area contributed by atoms with Gasteiger partial charge in [-0.1, -0.05) is 54.6 Å². The van der Waals surface area contributed by atoms with E-state index in [4.69, 9.17) is 0 Å². The Kier molecular flexibility index (Phi) is 4.68. The molecule has 5 rings (SSSR count). The minimum Gasteiger partial charge on any atom is -0.352 e. The number of aromatic amines is 1. The molecule has 1 saturated carbocycles. The molecule has 1 aliphatic carbocycles. The highest BCUT2D eigenvalue weighted by molar-refractivity contribution is 5.82. The van der Waals surface area contributed by atoms with Crippen LogP contribution in [0.4, 0.5) is 0 Å². The van der Waals surface area contributed by atoms with Crippen LogP contribution in [0.1, 0.15) is 31.0 Å². The molecule has 2 N–H and O–H groups in total. The first kappa shape index (κ1) is 18.1. The minimum absolute atomic E-state index is 0.119. The standard InChI is InChI=1S/C24H26N4O/c1-16(24(29)25-20-11-12-20)28-14-13-22-21(15-28)23(27-26-22)19-9-7-18(8-10-19)17-5-3-2-4-6-17/h2-10,16,20H,11-15H2,1H3,(H,25,29)(H,26,27). The number of nitrogens with zero attached hydrogens (tertiary/aromatic N) is 2. The number of aromatic nitrogens is 2. The van der Waals surface area contributed by atoms with E-state index in [1.807, 2.05) is 13.0 Å². The van der Waals surface area contributed by atoms with Crippen LogP contribution >= 0.6 is 0 Å². The van der Waals surface area contributed by atoms with Crippen LogP contribution in [-0.4, -0.2) is 39.6 Å². The van der Waals surface area contributed by atoms with Crippen molar-refractivity contribution in [3.63, 3.8) is 0 Å². The Hall–Kier alpha value is -2.92. The lowest BCUT2D eigenvalue weighted by atomic mass is 9.98. The Balaban J connectivity index is 1.36. The zero-order valence-corrected chi connectivity index (χ0v) is 16.7. The smallest absolute Gasteiger partial charge is 0.237 e. The van der Waals surface area contributed by atoms with Gasteiger partial charge in [0.05, 0.1) is 11.7 Å². The van der Waals surface area contributed by atoms with E-state index in [0.717, 1.165) is 43.6 Å². The van der Waals surface area contributed by atoms with Crippen molar-refractivity contribution in [2.45, 2.75) is 44.8 Å². The van der Waals surface area contributed by atoms with Gasteiger partial charge in [-0.05, 0) is 30.9 Å². The average Bonchev–Trinajstić information content (AvgIpc) is 3.49. The molecule has 1 fully saturated rings. The quantitative estimate of drug-likeness (QED) is 0.702. The van der Waals surface area contributed by atoms with Gasteiger partial charge in [0.25, 0.3) is 0 Å². The molecule has 5 heteroatoms. The number of benzene rings is 2. The van der Waals surface area contributed by atoms with E-state index < -0.39 is 0 Å². The lowest BCUT2D eigenvalue weighted by Crippen LogP contribution is -2.47. The van der Waals surface area contributed by atoms with E-state index >= 15 is 0 Å². The first-order valence-electron chi connectivity index (χ1n) is 10.5. The first-order chi connectivity index (χ1) is 14.2. The van der Waals surface area contributed by atoms with Crippen molar-refractivity contribution >= 4 is 5.91 Å². The first-order valence-corrected chi connectivity index (χ1v) is 10.5. The number of rotatable bonds is 5.